The number of nitrogens with one attached hydrogen (secondary N) is 1. The minimum Gasteiger partial charge on any atom is -0.491 e. The summed E-state index contributed by atoms with van der Waals surface area (Å²) in [5.74, 6) is 1.13. The van der Waals surface area contributed by atoms with E-state index in [4.69, 9.17) is 16.3 Å². The summed E-state index contributed by atoms with van der Waals surface area (Å²) < 4.78 is 5.89. The van der Waals surface area contributed by atoms with E-state index in [1.807, 2.05) is 19.1 Å². The van der Waals surface area contributed by atoms with E-state index >= 15 is 0 Å². The molecule has 0 aliphatic rings. The van der Waals surface area contributed by atoms with E-state index in [9.17, 15) is 5.11 Å². The highest BCUT2D eigenvalue weighted by Crippen LogP contribution is 2.32. The number of ether oxygens (including phenoxy) is 1. The Hall–Kier alpha value is -0.810. The number of rotatable bonds is 11. The second-order valence-electron chi connectivity index (χ2n) is 7.89. The summed E-state index contributed by atoms with van der Waals surface area (Å²) in [4.78, 5) is 2.43. The fourth-order valence-corrected chi connectivity index (χ4v) is 3.25. The summed E-state index contributed by atoms with van der Waals surface area (Å²) in [5, 5.41) is 14.3. The highest BCUT2D eigenvalue weighted by molar-refractivity contribution is 6.31. The van der Waals surface area contributed by atoms with Crippen LogP contribution in [0.5, 0.6) is 5.75 Å². The van der Waals surface area contributed by atoms with Crippen molar-refractivity contribution in [2.24, 2.45) is 0 Å². The zero-order valence-electron chi connectivity index (χ0n) is 17.5. The molecule has 150 valence electrons. The Balaban J connectivity index is 2.45. The Morgan fingerprint density at radius 3 is 2.27 bits per heavy atom. The van der Waals surface area contributed by atoms with Crippen molar-refractivity contribution >= 4 is 11.6 Å². The van der Waals surface area contributed by atoms with Crippen molar-refractivity contribution < 1.29 is 9.84 Å². The summed E-state index contributed by atoms with van der Waals surface area (Å²) in [6.07, 6.45) is -0.544. The first-order valence-corrected chi connectivity index (χ1v) is 10.1. The number of hydrogen-bond acceptors (Lipinski definition) is 4. The van der Waals surface area contributed by atoms with Crippen LogP contribution in [0.3, 0.4) is 0 Å². The van der Waals surface area contributed by atoms with Crippen molar-refractivity contribution in [3.63, 3.8) is 0 Å². The topological polar surface area (TPSA) is 44.7 Å². The lowest BCUT2D eigenvalue weighted by Crippen LogP contribution is -2.43. The first-order valence-electron chi connectivity index (χ1n) is 9.70. The van der Waals surface area contributed by atoms with Crippen LogP contribution in [0.25, 0.3) is 0 Å². The fraction of sp³-hybridized carbons (Fsp3) is 0.714. The van der Waals surface area contributed by atoms with Crippen LogP contribution in [0.15, 0.2) is 12.1 Å². The molecule has 26 heavy (non-hydrogen) atoms. The van der Waals surface area contributed by atoms with Crippen molar-refractivity contribution in [3.8, 4) is 5.75 Å². The Morgan fingerprint density at radius 2 is 1.73 bits per heavy atom. The molecule has 0 saturated carbocycles. The maximum absolute atomic E-state index is 10.2. The first kappa shape index (κ1) is 23.2. The van der Waals surface area contributed by atoms with Crippen LogP contribution in [0.4, 0.5) is 0 Å². The Kier molecular flexibility index (Phi) is 9.94. The van der Waals surface area contributed by atoms with Crippen LogP contribution in [0.2, 0.25) is 5.02 Å². The molecule has 0 heterocycles. The van der Waals surface area contributed by atoms with Gasteiger partial charge in [0.15, 0.2) is 0 Å². The van der Waals surface area contributed by atoms with Gasteiger partial charge >= 0.3 is 0 Å². The highest BCUT2D eigenvalue weighted by atomic mass is 35.5. The van der Waals surface area contributed by atoms with Gasteiger partial charge in [0.25, 0.3) is 0 Å². The van der Waals surface area contributed by atoms with Gasteiger partial charge in [0.1, 0.15) is 18.5 Å². The van der Waals surface area contributed by atoms with E-state index in [2.05, 4.69) is 51.8 Å². The molecule has 0 spiro atoms. The number of halogens is 1. The lowest BCUT2D eigenvalue weighted by atomic mass is 10.0. The lowest BCUT2D eigenvalue weighted by molar-refractivity contribution is 0.103. The van der Waals surface area contributed by atoms with Gasteiger partial charge in [-0.15, -0.1) is 0 Å². The third-order valence-electron chi connectivity index (χ3n) is 4.60. The number of aryl methyl sites for hydroxylation is 1. The summed E-state index contributed by atoms with van der Waals surface area (Å²) in [6, 6.07) is 4.97. The Morgan fingerprint density at radius 1 is 1.12 bits per heavy atom. The molecule has 5 heteroatoms. The second-order valence-corrected chi connectivity index (χ2v) is 8.30. The quantitative estimate of drug-likeness (QED) is 0.560. The van der Waals surface area contributed by atoms with Crippen LogP contribution in [0, 0.1) is 6.92 Å². The van der Waals surface area contributed by atoms with Crippen LogP contribution in [-0.4, -0.2) is 54.4 Å². The predicted molar refractivity (Wildman–Crippen MR) is 112 cm³/mol. The van der Waals surface area contributed by atoms with Gasteiger partial charge in [-0.05, 0) is 63.8 Å². The molecule has 0 aromatic heterocycles. The van der Waals surface area contributed by atoms with Gasteiger partial charge in [0, 0.05) is 36.7 Å². The molecule has 0 bridgehead atoms. The van der Waals surface area contributed by atoms with Crippen molar-refractivity contribution in [1.29, 1.82) is 0 Å². The summed E-state index contributed by atoms with van der Waals surface area (Å²) in [7, 11) is 0. The lowest BCUT2D eigenvalue weighted by Gasteiger charge is -2.30. The van der Waals surface area contributed by atoms with Gasteiger partial charge < -0.3 is 15.2 Å². The third kappa shape index (κ3) is 7.43. The molecule has 0 amide bonds. The van der Waals surface area contributed by atoms with E-state index in [1.165, 1.54) is 0 Å². The van der Waals surface area contributed by atoms with Gasteiger partial charge in [-0.3, -0.25) is 4.90 Å². The van der Waals surface area contributed by atoms with Crippen LogP contribution in [0.1, 0.15) is 58.6 Å². The zero-order chi connectivity index (χ0) is 19.9. The number of benzene rings is 1. The van der Waals surface area contributed by atoms with Crippen molar-refractivity contribution in [3.05, 3.63) is 28.3 Å². The van der Waals surface area contributed by atoms with Gasteiger partial charge in [-0.25, -0.2) is 0 Å². The molecule has 1 rings (SSSR count). The van der Waals surface area contributed by atoms with Gasteiger partial charge in [0.05, 0.1) is 0 Å². The Bertz CT molecular complexity index is 539. The zero-order valence-corrected chi connectivity index (χ0v) is 18.2. The van der Waals surface area contributed by atoms with Gasteiger partial charge in [-0.2, -0.15) is 0 Å². The molecule has 1 aromatic carbocycles. The third-order valence-corrected chi connectivity index (χ3v) is 5.00. The average Bonchev–Trinajstić information content (AvgIpc) is 2.54. The number of nitrogens with zero attached hydrogens (tertiary/aromatic N) is 1. The van der Waals surface area contributed by atoms with E-state index < -0.39 is 6.10 Å². The van der Waals surface area contributed by atoms with Crippen molar-refractivity contribution in [2.75, 3.05) is 26.2 Å². The van der Waals surface area contributed by atoms with Gasteiger partial charge in [0.2, 0.25) is 0 Å². The molecule has 1 aromatic rings. The molecule has 1 atom stereocenters. The van der Waals surface area contributed by atoms with Crippen molar-refractivity contribution in [2.45, 2.75) is 72.6 Å². The van der Waals surface area contributed by atoms with Crippen LogP contribution in [-0.2, 0) is 0 Å². The predicted octanol–water partition coefficient (Wildman–Crippen LogP) is 4.22. The highest BCUT2D eigenvalue weighted by Gasteiger charge is 2.14. The summed E-state index contributed by atoms with van der Waals surface area (Å²) >= 11 is 6.23. The van der Waals surface area contributed by atoms with E-state index in [0.29, 0.717) is 24.5 Å². The van der Waals surface area contributed by atoms with E-state index in [0.717, 1.165) is 35.0 Å². The molecule has 0 saturated heterocycles. The first-order chi connectivity index (χ1) is 12.1. The summed E-state index contributed by atoms with van der Waals surface area (Å²) in [6.45, 7) is 17.6. The Labute approximate surface area is 164 Å². The maximum atomic E-state index is 10.2. The fourth-order valence-electron chi connectivity index (χ4n) is 3.08. The second kappa shape index (κ2) is 11.1. The smallest absolute Gasteiger partial charge is 0.123 e. The molecular weight excluding hydrogens is 348 g/mol. The number of aliphatic hydroxyl groups is 1. The molecule has 0 aliphatic heterocycles. The molecule has 4 nitrogen and oxygen atoms in total. The molecule has 0 unspecified atom stereocenters. The molecule has 0 aliphatic carbocycles. The SMILES string of the molecule is Cc1cc(OC[C@@H](O)CNCCN(C(C)C)C(C)C)c(C(C)C)cc1Cl. The normalized spacial score (nSPS) is 13.3. The molecule has 0 radical (unpaired) electrons. The average molecular weight is 385 g/mol. The number of hydrogen-bond donors (Lipinski definition) is 2. The number of aliphatic hydroxyl groups excluding tert-OH is 1. The molecular formula is C21H37ClN2O2. The van der Waals surface area contributed by atoms with E-state index in [-0.39, 0.29) is 6.61 Å². The summed E-state index contributed by atoms with van der Waals surface area (Å²) in [5.41, 5.74) is 2.06. The van der Waals surface area contributed by atoms with Crippen molar-refractivity contribution in [1.82, 2.24) is 10.2 Å². The van der Waals surface area contributed by atoms with E-state index in [1.54, 1.807) is 0 Å². The van der Waals surface area contributed by atoms with Crippen LogP contribution < -0.4 is 10.1 Å². The molecule has 2 N–H and O–H groups in total. The van der Waals surface area contributed by atoms with Gasteiger partial charge in [-0.1, -0.05) is 25.4 Å². The monoisotopic (exact) mass is 384 g/mol. The molecule has 0 fully saturated rings. The largest absolute Gasteiger partial charge is 0.491 e. The van der Waals surface area contributed by atoms with Crippen LogP contribution >= 0.6 is 11.6 Å². The minimum absolute atomic E-state index is 0.270. The minimum atomic E-state index is -0.544. The maximum Gasteiger partial charge on any atom is 0.123 e. The standard InChI is InChI=1S/C21H37ClN2O2/c1-14(2)19-11-20(22)17(7)10-21(19)26-13-18(25)12-23-8-9-24(15(3)4)16(5)6/h10-11,14-16,18,23,25H,8-9,12-13H2,1-7H3/t18-/m0/s1.